The number of carbonyl (C=O) groups is 1. The van der Waals surface area contributed by atoms with E-state index in [2.05, 4.69) is 38.2 Å². The monoisotopic (exact) mass is 474 g/mol. The minimum absolute atomic E-state index is 0.0314. The molecule has 0 radical (unpaired) electrons. The topological polar surface area (TPSA) is 84.9 Å². The van der Waals surface area contributed by atoms with Gasteiger partial charge in [0, 0.05) is 25.1 Å². The molecule has 1 heterocycles. The summed E-state index contributed by atoms with van der Waals surface area (Å²) < 4.78 is 38.4. The van der Waals surface area contributed by atoms with E-state index >= 15 is 0 Å². The molecule has 0 aliphatic carbocycles. The third-order valence-electron chi connectivity index (χ3n) is 6.52. The smallest absolute Gasteiger partial charge is 0.246 e. The van der Waals surface area contributed by atoms with Crippen molar-refractivity contribution < 1.29 is 22.7 Å². The van der Waals surface area contributed by atoms with Gasteiger partial charge in [-0.25, -0.2) is 8.42 Å². The van der Waals surface area contributed by atoms with E-state index in [4.69, 9.17) is 9.47 Å². The lowest BCUT2D eigenvalue weighted by Gasteiger charge is -2.31. The van der Waals surface area contributed by atoms with Gasteiger partial charge >= 0.3 is 0 Å². The first kappa shape index (κ1) is 25.1. The summed E-state index contributed by atoms with van der Waals surface area (Å²) in [5.74, 6) is 0.460. The maximum Gasteiger partial charge on any atom is 0.246 e. The summed E-state index contributed by atoms with van der Waals surface area (Å²) in [4.78, 5) is 13.0. The summed E-state index contributed by atoms with van der Waals surface area (Å²) in [6.07, 6.45) is 0.936. The van der Waals surface area contributed by atoms with Crippen LogP contribution in [0.4, 0.5) is 0 Å². The lowest BCUT2D eigenvalue weighted by molar-refractivity contribution is -0.126. The normalized spacial score (nSPS) is 16.3. The average molecular weight is 475 g/mol. The summed E-state index contributed by atoms with van der Waals surface area (Å²) in [6.45, 7) is 8.75. The second-order valence-electron chi connectivity index (χ2n) is 8.72. The van der Waals surface area contributed by atoms with E-state index in [-0.39, 0.29) is 41.6 Å². The van der Waals surface area contributed by atoms with Crippen LogP contribution >= 0.6 is 0 Å². The predicted octanol–water partition coefficient (Wildman–Crippen LogP) is 3.91. The molecule has 3 rings (SSSR count). The standard InChI is InChI=1S/C25H34N2O5S/c1-16-13-18(3)22(14-17(16)2)19(4)26-25(28)20-9-11-27(12-10-20)33(29,30)24-15-21(31-5)7-8-23(24)32-6/h7-8,13-15,19-20H,9-12H2,1-6H3,(H,26,28)/t19-/m0/s1. The van der Waals surface area contributed by atoms with Crippen molar-refractivity contribution >= 4 is 15.9 Å². The van der Waals surface area contributed by atoms with E-state index < -0.39 is 10.0 Å². The van der Waals surface area contributed by atoms with Crippen LogP contribution in [0.1, 0.15) is 48.1 Å². The zero-order chi connectivity index (χ0) is 24.3. The van der Waals surface area contributed by atoms with Crippen molar-refractivity contribution in [3.05, 3.63) is 52.6 Å². The molecule has 7 nitrogen and oxygen atoms in total. The molecule has 1 aliphatic heterocycles. The van der Waals surface area contributed by atoms with Crippen LogP contribution in [0.5, 0.6) is 11.5 Å². The number of ether oxygens (including phenoxy) is 2. The van der Waals surface area contributed by atoms with E-state index in [0.29, 0.717) is 18.6 Å². The molecule has 8 heteroatoms. The number of nitrogens with zero attached hydrogens (tertiary/aromatic N) is 1. The first-order valence-electron chi connectivity index (χ1n) is 11.2. The van der Waals surface area contributed by atoms with Crippen LogP contribution in [-0.4, -0.2) is 45.9 Å². The quantitative estimate of drug-likeness (QED) is 0.658. The highest BCUT2D eigenvalue weighted by molar-refractivity contribution is 7.89. The van der Waals surface area contributed by atoms with Crippen LogP contribution in [0.3, 0.4) is 0 Å². The highest BCUT2D eigenvalue weighted by Crippen LogP contribution is 2.33. The van der Waals surface area contributed by atoms with Crippen LogP contribution in [0.15, 0.2) is 35.2 Å². The van der Waals surface area contributed by atoms with Gasteiger partial charge in [-0.1, -0.05) is 12.1 Å². The Kier molecular flexibility index (Phi) is 7.69. The fourth-order valence-corrected chi connectivity index (χ4v) is 5.98. The number of piperidine rings is 1. The van der Waals surface area contributed by atoms with Crippen LogP contribution in [0.25, 0.3) is 0 Å². The SMILES string of the molecule is COc1ccc(OC)c(S(=O)(=O)N2CCC(C(=O)N[C@@H](C)c3cc(C)c(C)cc3C)CC2)c1. The van der Waals surface area contributed by atoms with Crippen molar-refractivity contribution in [1.29, 1.82) is 0 Å². The number of sulfonamides is 1. The second-order valence-corrected chi connectivity index (χ2v) is 10.6. The summed E-state index contributed by atoms with van der Waals surface area (Å²) in [7, 11) is -0.841. The first-order chi connectivity index (χ1) is 15.6. The van der Waals surface area contributed by atoms with Gasteiger partial charge in [0.25, 0.3) is 0 Å². The average Bonchev–Trinajstić information content (AvgIpc) is 2.80. The first-order valence-corrected chi connectivity index (χ1v) is 12.6. The minimum Gasteiger partial charge on any atom is -0.497 e. The number of methoxy groups -OCH3 is 2. The third kappa shape index (κ3) is 5.33. The van der Waals surface area contributed by atoms with Crippen molar-refractivity contribution in [2.45, 2.75) is 51.5 Å². The second kappa shape index (κ2) is 10.1. The van der Waals surface area contributed by atoms with Crippen LogP contribution in [0, 0.1) is 26.7 Å². The molecule has 2 aromatic carbocycles. The van der Waals surface area contributed by atoms with Crippen molar-refractivity contribution in [2.24, 2.45) is 5.92 Å². The maximum atomic E-state index is 13.3. The Morgan fingerprint density at radius 3 is 2.24 bits per heavy atom. The number of hydrogen-bond acceptors (Lipinski definition) is 5. The Balaban J connectivity index is 1.67. The van der Waals surface area contributed by atoms with Gasteiger partial charge in [-0.2, -0.15) is 4.31 Å². The molecule has 0 unspecified atom stereocenters. The van der Waals surface area contributed by atoms with Crippen molar-refractivity contribution in [3.8, 4) is 11.5 Å². The minimum atomic E-state index is -3.77. The number of aryl methyl sites for hydroxylation is 3. The number of benzene rings is 2. The molecule has 2 aromatic rings. The summed E-state index contributed by atoms with van der Waals surface area (Å²) in [5, 5.41) is 3.13. The molecule has 0 saturated carbocycles. The molecular formula is C25H34N2O5S. The number of carbonyl (C=O) groups excluding carboxylic acids is 1. The summed E-state index contributed by atoms with van der Waals surface area (Å²) in [5.41, 5.74) is 4.69. The zero-order valence-electron chi connectivity index (χ0n) is 20.3. The van der Waals surface area contributed by atoms with Gasteiger partial charge in [-0.05, 0) is 74.9 Å². The summed E-state index contributed by atoms with van der Waals surface area (Å²) >= 11 is 0. The van der Waals surface area contributed by atoms with Crippen molar-refractivity contribution in [2.75, 3.05) is 27.3 Å². The van der Waals surface area contributed by atoms with Gasteiger partial charge in [-0.3, -0.25) is 4.79 Å². The molecular weight excluding hydrogens is 440 g/mol. The highest BCUT2D eigenvalue weighted by Gasteiger charge is 2.34. The van der Waals surface area contributed by atoms with Gasteiger partial charge in [0.05, 0.1) is 20.3 Å². The zero-order valence-corrected chi connectivity index (χ0v) is 21.1. The summed E-state index contributed by atoms with van der Waals surface area (Å²) in [6, 6.07) is 8.88. The predicted molar refractivity (Wildman–Crippen MR) is 128 cm³/mol. The molecule has 0 aromatic heterocycles. The number of rotatable bonds is 7. The van der Waals surface area contributed by atoms with E-state index in [9.17, 15) is 13.2 Å². The maximum absolute atomic E-state index is 13.3. The molecule has 1 aliphatic rings. The molecule has 1 atom stereocenters. The Morgan fingerprint density at radius 2 is 1.64 bits per heavy atom. The lowest BCUT2D eigenvalue weighted by Crippen LogP contribution is -2.43. The van der Waals surface area contributed by atoms with Crippen LogP contribution in [-0.2, 0) is 14.8 Å². The third-order valence-corrected chi connectivity index (χ3v) is 8.44. The van der Waals surface area contributed by atoms with Crippen molar-refractivity contribution in [1.82, 2.24) is 9.62 Å². The number of amides is 1. The Hall–Kier alpha value is -2.58. The highest BCUT2D eigenvalue weighted by atomic mass is 32.2. The number of hydrogen-bond donors (Lipinski definition) is 1. The van der Waals surface area contributed by atoms with Gasteiger partial charge in [0.2, 0.25) is 15.9 Å². The largest absolute Gasteiger partial charge is 0.497 e. The Morgan fingerprint density at radius 1 is 1.00 bits per heavy atom. The van der Waals surface area contributed by atoms with E-state index in [1.807, 2.05) is 6.92 Å². The Bertz CT molecular complexity index is 1120. The lowest BCUT2D eigenvalue weighted by atomic mass is 9.94. The number of nitrogens with one attached hydrogen (secondary N) is 1. The Labute approximate surface area is 197 Å². The molecule has 0 bridgehead atoms. The molecule has 1 N–H and O–H groups in total. The van der Waals surface area contributed by atoms with Crippen LogP contribution in [0.2, 0.25) is 0 Å². The van der Waals surface area contributed by atoms with Gasteiger partial charge in [-0.15, -0.1) is 0 Å². The van der Waals surface area contributed by atoms with Crippen molar-refractivity contribution in [3.63, 3.8) is 0 Å². The van der Waals surface area contributed by atoms with E-state index in [1.165, 1.54) is 35.7 Å². The van der Waals surface area contributed by atoms with Gasteiger partial charge in [0.15, 0.2) is 0 Å². The molecule has 1 amide bonds. The fourth-order valence-electron chi connectivity index (χ4n) is 4.34. The molecule has 0 spiro atoms. The fraction of sp³-hybridized carbons (Fsp3) is 0.480. The van der Waals surface area contributed by atoms with Crippen LogP contribution < -0.4 is 14.8 Å². The molecule has 180 valence electrons. The molecule has 33 heavy (non-hydrogen) atoms. The van der Waals surface area contributed by atoms with Gasteiger partial charge in [0.1, 0.15) is 16.4 Å². The molecule has 1 fully saturated rings. The van der Waals surface area contributed by atoms with E-state index in [0.717, 1.165) is 11.1 Å². The van der Waals surface area contributed by atoms with Gasteiger partial charge < -0.3 is 14.8 Å². The van der Waals surface area contributed by atoms with E-state index in [1.54, 1.807) is 12.1 Å². The molecule has 1 saturated heterocycles.